The predicted octanol–water partition coefficient (Wildman–Crippen LogP) is 4.35. The number of halogens is 1. The number of ether oxygens (including phenoxy) is 1. The van der Waals surface area contributed by atoms with Crippen molar-refractivity contribution < 1.29 is 13.9 Å². The molecular weight excluding hydrogens is 555 g/mol. The number of aromatic nitrogens is 4. The van der Waals surface area contributed by atoms with Crippen LogP contribution in [0.25, 0.3) is 22.3 Å². The van der Waals surface area contributed by atoms with Crippen molar-refractivity contribution in [1.29, 1.82) is 5.26 Å². The number of aryl methyl sites for hydroxylation is 2. The molecule has 0 bridgehead atoms. The third kappa shape index (κ3) is 4.30. The van der Waals surface area contributed by atoms with E-state index in [-0.39, 0.29) is 23.1 Å². The Morgan fingerprint density at radius 2 is 2.00 bits per heavy atom. The fraction of sp³-hybridized carbons (Fsp3) is 0.433. The Hall–Kier alpha value is -4.08. The van der Waals surface area contributed by atoms with Gasteiger partial charge in [0, 0.05) is 57.4 Å². The molecule has 42 heavy (non-hydrogen) atoms. The monoisotopic (exact) mass is 586 g/mol. The van der Waals surface area contributed by atoms with E-state index in [0.717, 1.165) is 55.2 Å². The molecule has 1 aromatic carbocycles. The third-order valence-corrected chi connectivity index (χ3v) is 9.68. The molecule has 0 radical (unpaired) electrons. The topological polar surface area (TPSA) is 103 Å². The van der Waals surface area contributed by atoms with Crippen LogP contribution in [0.1, 0.15) is 23.9 Å². The maximum atomic E-state index is 13.5. The number of nitriles is 1. The van der Waals surface area contributed by atoms with Gasteiger partial charge >= 0.3 is 0 Å². The maximum Gasteiger partial charge on any atom is 0.228 e. The molecule has 1 atom stereocenters. The van der Waals surface area contributed by atoms with Crippen LogP contribution in [-0.2, 0) is 16.1 Å². The standard InChI is InChI=1S/C30H31FN8O2S/c1-4-39-27(36(3)29-34-25(24(12-32)42-29)19-5-7-21(31)8-6-19)22-11-23(18(2)33-26(22)35-39)37-14-30(15-37)16-38(17-30)28(40)20-9-10-41-13-20/h5-8,11,20H,4,9-10,13-17H2,1-3H3/t20-/m0/s1. The molecule has 3 saturated heterocycles. The van der Waals surface area contributed by atoms with Crippen LogP contribution in [0.5, 0.6) is 0 Å². The predicted molar refractivity (Wildman–Crippen MR) is 158 cm³/mol. The molecule has 10 nitrogen and oxygen atoms in total. The largest absolute Gasteiger partial charge is 0.381 e. The summed E-state index contributed by atoms with van der Waals surface area (Å²) in [6.45, 7) is 9.29. The van der Waals surface area contributed by atoms with E-state index in [9.17, 15) is 14.4 Å². The molecule has 3 fully saturated rings. The van der Waals surface area contributed by atoms with Gasteiger partial charge in [-0.05, 0) is 50.6 Å². The molecule has 7 rings (SSSR count). The van der Waals surface area contributed by atoms with Crippen molar-refractivity contribution >= 4 is 44.9 Å². The number of benzene rings is 1. The van der Waals surface area contributed by atoms with E-state index in [2.05, 4.69) is 17.0 Å². The lowest BCUT2D eigenvalue weighted by atomic mass is 9.72. The Bertz CT molecular complexity index is 1720. The second kappa shape index (κ2) is 10.0. The summed E-state index contributed by atoms with van der Waals surface area (Å²) in [4.78, 5) is 29.2. The zero-order chi connectivity index (χ0) is 29.2. The molecule has 0 aliphatic carbocycles. The summed E-state index contributed by atoms with van der Waals surface area (Å²) in [6, 6.07) is 10.4. The maximum absolute atomic E-state index is 13.5. The van der Waals surface area contributed by atoms with Crippen LogP contribution in [0.4, 0.5) is 21.0 Å². The highest BCUT2D eigenvalue weighted by Crippen LogP contribution is 2.45. The van der Waals surface area contributed by atoms with Gasteiger partial charge in [-0.25, -0.2) is 19.0 Å². The van der Waals surface area contributed by atoms with Crippen molar-refractivity contribution in [3.8, 4) is 17.3 Å². The number of pyridine rings is 1. The number of anilines is 3. The van der Waals surface area contributed by atoms with Gasteiger partial charge in [0.2, 0.25) is 5.91 Å². The van der Waals surface area contributed by atoms with Crippen LogP contribution in [0, 0.1) is 35.4 Å². The first-order valence-electron chi connectivity index (χ1n) is 14.2. The number of hydrogen-bond acceptors (Lipinski definition) is 9. The summed E-state index contributed by atoms with van der Waals surface area (Å²) in [7, 11) is 1.92. The van der Waals surface area contributed by atoms with E-state index in [1.54, 1.807) is 12.1 Å². The number of fused-ring (bicyclic) bond motifs is 1. The summed E-state index contributed by atoms with van der Waals surface area (Å²) in [5.74, 6) is 0.767. The van der Waals surface area contributed by atoms with Crippen molar-refractivity contribution in [1.82, 2.24) is 24.6 Å². The number of carbonyl (C=O) groups excluding carboxylic acids is 1. The number of carbonyl (C=O) groups is 1. The Morgan fingerprint density at radius 1 is 1.24 bits per heavy atom. The minimum atomic E-state index is -0.336. The van der Waals surface area contributed by atoms with Gasteiger partial charge in [-0.3, -0.25) is 4.79 Å². The fourth-order valence-corrected chi connectivity index (χ4v) is 7.33. The van der Waals surface area contributed by atoms with Crippen LogP contribution < -0.4 is 9.80 Å². The molecule has 0 saturated carbocycles. The molecule has 4 aromatic rings. The fourth-order valence-electron chi connectivity index (χ4n) is 6.48. The summed E-state index contributed by atoms with van der Waals surface area (Å²) in [6.07, 6.45) is 0.827. The SMILES string of the molecule is CCn1nc2nc(C)c(N3CC4(CN(C(=O)[C@H]5CCOC5)C4)C3)cc2c1N(C)c1nc(-c2ccc(F)cc2)c(C#N)s1. The Labute approximate surface area is 246 Å². The number of thiazole rings is 1. The molecule has 1 amide bonds. The van der Waals surface area contributed by atoms with Gasteiger partial charge in [0.25, 0.3) is 0 Å². The quantitative estimate of drug-likeness (QED) is 0.329. The molecule has 6 heterocycles. The number of rotatable bonds is 6. The van der Waals surface area contributed by atoms with Crippen molar-refractivity contribution in [3.05, 3.63) is 46.7 Å². The Balaban J connectivity index is 1.15. The van der Waals surface area contributed by atoms with Crippen molar-refractivity contribution in [2.75, 3.05) is 56.2 Å². The first kappa shape index (κ1) is 26.8. The molecule has 0 N–H and O–H groups in total. The highest BCUT2D eigenvalue weighted by Gasteiger charge is 2.54. The zero-order valence-electron chi connectivity index (χ0n) is 23.8. The average molecular weight is 587 g/mol. The van der Waals surface area contributed by atoms with Crippen LogP contribution in [0.15, 0.2) is 30.3 Å². The lowest BCUT2D eigenvalue weighted by Crippen LogP contribution is -2.73. The summed E-state index contributed by atoms with van der Waals surface area (Å²) >= 11 is 1.29. The second-order valence-corrected chi connectivity index (χ2v) is 12.5. The van der Waals surface area contributed by atoms with Gasteiger partial charge in [0.15, 0.2) is 10.8 Å². The lowest BCUT2D eigenvalue weighted by Gasteiger charge is -2.61. The van der Waals surface area contributed by atoms with E-state index < -0.39 is 0 Å². The van der Waals surface area contributed by atoms with E-state index in [1.165, 1.54) is 23.5 Å². The van der Waals surface area contributed by atoms with Gasteiger partial charge in [-0.1, -0.05) is 11.3 Å². The molecule has 3 aliphatic rings. The van der Waals surface area contributed by atoms with Gasteiger partial charge in [0.1, 0.15) is 28.3 Å². The molecule has 216 valence electrons. The summed E-state index contributed by atoms with van der Waals surface area (Å²) in [5.41, 5.74) is 4.01. The number of nitrogens with zero attached hydrogens (tertiary/aromatic N) is 8. The minimum absolute atomic E-state index is 0.0201. The zero-order valence-corrected chi connectivity index (χ0v) is 24.6. The smallest absolute Gasteiger partial charge is 0.228 e. The minimum Gasteiger partial charge on any atom is -0.381 e. The first-order valence-corrected chi connectivity index (χ1v) is 15.0. The Morgan fingerprint density at radius 3 is 2.67 bits per heavy atom. The lowest BCUT2D eigenvalue weighted by molar-refractivity contribution is -0.149. The number of likely N-dealkylation sites (tertiary alicyclic amines) is 1. The Kier molecular flexibility index (Phi) is 6.40. The molecule has 3 aliphatic heterocycles. The van der Waals surface area contributed by atoms with Crippen molar-refractivity contribution in [3.63, 3.8) is 0 Å². The highest BCUT2D eigenvalue weighted by atomic mass is 32.1. The van der Waals surface area contributed by atoms with Gasteiger partial charge in [-0.2, -0.15) is 10.4 Å². The van der Waals surface area contributed by atoms with E-state index in [4.69, 9.17) is 19.8 Å². The molecular formula is C30H31FN8O2S. The molecule has 0 unspecified atom stereocenters. The third-order valence-electron chi connectivity index (χ3n) is 8.64. The van der Waals surface area contributed by atoms with Crippen molar-refractivity contribution in [2.24, 2.45) is 11.3 Å². The molecule has 3 aromatic heterocycles. The van der Waals surface area contributed by atoms with E-state index >= 15 is 0 Å². The van der Waals surface area contributed by atoms with Crippen LogP contribution in [0.2, 0.25) is 0 Å². The van der Waals surface area contributed by atoms with Crippen LogP contribution in [-0.4, -0.2) is 77.0 Å². The molecule has 1 spiro atoms. The van der Waals surface area contributed by atoms with Crippen molar-refractivity contribution in [2.45, 2.75) is 26.8 Å². The summed E-state index contributed by atoms with van der Waals surface area (Å²) < 4.78 is 20.8. The highest BCUT2D eigenvalue weighted by molar-refractivity contribution is 7.16. The van der Waals surface area contributed by atoms with E-state index in [0.29, 0.717) is 46.7 Å². The van der Waals surface area contributed by atoms with E-state index in [1.807, 2.05) is 35.4 Å². The number of hydrogen-bond donors (Lipinski definition) is 0. The normalized spacial score (nSPS) is 19.2. The second-order valence-electron chi connectivity index (χ2n) is 11.6. The van der Waals surface area contributed by atoms with Crippen LogP contribution in [0.3, 0.4) is 0 Å². The average Bonchev–Trinajstić information content (AvgIpc) is 3.70. The van der Waals surface area contributed by atoms with Gasteiger partial charge in [-0.15, -0.1) is 0 Å². The van der Waals surface area contributed by atoms with Crippen LogP contribution >= 0.6 is 11.3 Å². The summed E-state index contributed by atoms with van der Waals surface area (Å²) in [5, 5.41) is 16.2. The first-order chi connectivity index (χ1) is 20.3. The molecule has 12 heteroatoms. The van der Waals surface area contributed by atoms with Gasteiger partial charge < -0.3 is 19.4 Å². The number of amides is 1. The van der Waals surface area contributed by atoms with Gasteiger partial charge in [0.05, 0.1) is 29.3 Å².